The van der Waals surface area contributed by atoms with Crippen LogP contribution in [0.2, 0.25) is 5.02 Å². The van der Waals surface area contributed by atoms with Crippen LogP contribution in [0.3, 0.4) is 0 Å². The van der Waals surface area contributed by atoms with Gasteiger partial charge in [-0.05, 0) is 54.1 Å². The highest BCUT2D eigenvalue weighted by atomic mass is 35.5. The zero-order valence-corrected chi connectivity index (χ0v) is 18.2. The number of nitrogens with zero attached hydrogens (tertiary/aromatic N) is 2. The number of rotatable bonds is 4. The van der Waals surface area contributed by atoms with Crippen molar-refractivity contribution in [3.05, 3.63) is 81.9 Å². The summed E-state index contributed by atoms with van der Waals surface area (Å²) in [4.78, 5) is 17.4. The first-order valence-electron chi connectivity index (χ1n) is 9.82. The number of hydrogen-bond acceptors (Lipinski definition) is 4. The lowest BCUT2D eigenvalue weighted by Crippen LogP contribution is -2.35. The van der Waals surface area contributed by atoms with Gasteiger partial charge in [-0.3, -0.25) is 9.78 Å². The second-order valence-corrected chi connectivity index (χ2v) is 8.96. The molecule has 0 saturated heterocycles. The predicted octanol–water partition coefficient (Wildman–Crippen LogP) is 6.30. The van der Waals surface area contributed by atoms with Crippen LogP contribution in [0.25, 0.3) is 26.8 Å². The zero-order chi connectivity index (χ0) is 21.7. The first kappa shape index (κ1) is 20.0. The van der Waals surface area contributed by atoms with Gasteiger partial charge in [-0.2, -0.15) is 0 Å². The van der Waals surface area contributed by atoms with Crippen LogP contribution < -0.4 is 0 Å². The number of fused-ring (bicyclic) bond motifs is 2. The van der Waals surface area contributed by atoms with Gasteiger partial charge in [0.2, 0.25) is 0 Å². The first-order valence-corrected chi connectivity index (χ1v) is 11.1. The molecule has 4 nitrogen and oxygen atoms in total. The highest BCUT2D eigenvalue weighted by molar-refractivity contribution is 7.17. The minimum atomic E-state index is -0.899. The summed E-state index contributed by atoms with van der Waals surface area (Å²) < 4.78 is 15.2. The molecule has 0 radical (unpaired) electrons. The number of carboxylic acids is 1. The Hall–Kier alpha value is -2.96. The zero-order valence-electron chi connectivity index (χ0n) is 16.6. The topological polar surface area (TPSA) is 53.4 Å². The molecule has 1 N–H and O–H groups in total. The predicted molar refractivity (Wildman–Crippen MR) is 123 cm³/mol. The molecule has 156 valence electrons. The Balaban J connectivity index is 1.64. The van der Waals surface area contributed by atoms with E-state index >= 15 is 0 Å². The van der Waals surface area contributed by atoms with Gasteiger partial charge in [0.05, 0.1) is 11.1 Å². The molecule has 1 aliphatic heterocycles. The molecule has 0 spiro atoms. The summed E-state index contributed by atoms with van der Waals surface area (Å²) in [7, 11) is 0. The Morgan fingerprint density at radius 3 is 2.97 bits per heavy atom. The fraction of sp³-hybridized carbons (Fsp3) is 0.167. The van der Waals surface area contributed by atoms with Crippen molar-refractivity contribution >= 4 is 44.6 Å². The van der Waals surface area contributed by atoms with Gasteiger partial charge in [0.15, 0.2) is 0 Å². The minimum absolute atomic E-state index is 0.112. The number of thiophene rings is 1. The molecule has 3 aromatic rings. The Morgan fingerprint density at radius 1 is 1.35 bits per heavy atom. The lowest BCUT2D eigenvalue weighted by atomic mass is 9.90. The van der Waals surface area contributed by atoms with Crippen LogP contribution in [0.1, 0.15) is 18.9 Å². The molecular weight excluding hydrogens is 435 g/mol. The van der Waals surface area contributed by atoms with Crippen LogP contribution in [0.5, 0.6) is 0 Å². The van der Waals surface area contributed by atoms with Gasteiger partial charge >= 0.3 is 5.97 Å². The lowest BCUT2D eigenvalue weighted by molar-refractivity contribution is -0.138. The molecule has 1 aliphatic carbocycles. The van der Waals surface area contributed by atoms with Crippen molar-refractivity contribution in [2.24, 2.45) is 0 Å². The van der Waals surface area contributed by atoms with Crippen LogP contribution >= 0.6 is 22.9 Å². The van der Waals surface area contributed by atoms with Gasteiger partial charge in [-0.1, -0.05) is 23.7 Å². The third-order valence-electron chi connectivity index (χ3n) is 5.88. The second-order valence-electron chi connectivity index (χ2n) is 7.64. The van der Waals surface area contributed by atoms with E-state index in [0.29, 0.717) is 11.4 Å². The van der Waals surface area contributed by atoms with Gasteiger partial charge < -0.3 is 10.0 Å². The SMILES string of the molecule is CC1=C(c2csc3cc(-c4ccncc4Cl)ccc23)C2=CC(F)=CCC2N1CC(=O)O. The van der Waals surface area contributed by atoms with E-state index in [1.807, 2.05) is 24.0 Å². The van der Waals surface area contributed by atoms with Gasteiger partial charge in [-0.15, -0.1) is 11.3 Å². The summed E-state index contributed by atoms with van der Waals surface area (Å²) in [5, 5.41) is 13.1. The number of hydrogen-bond donors (Lipinski definition) is 1. The Labute approximate surface area is 187 Å². The molecule has 2 aliphatic rings. The van der Waals surface area contributed by atoms with E-state index < -0.39 is 5.97 Å². The third kappa shape index (κ3) is 3.36. The number of halogens is 2. The molecule has 31 heavy (non-hydrogen) atoms. The van der Waals surface area contributed by atoms with Crippen LogP contribution in [0, 0.1) is 0 Å². The van der Waals surface area contributed by atoms with Crippen LogP contribution in [-0.2, 0) is 4.79 Å². The molecule has 0 saturated carbocycles. The Bertz CT molecular complexity index is 1320. The van der Waals surface area contributed by atoms with Gasteiger partial charge in [0.25, 0.3) is 0 Å². The Kier molecular flexibility index (Phi) is 4.91. The number of pyridine rings is 1. The average molecular weight is 453 g/mol. The number of benzene rings is 1. The highest BCUT2D eigenvalue weighted by Gasteiger charge is 2.37. The number of aromatic nitrogens is 1. The average Bonchev–Trinajstić information content (AvgIpc) is 3.26. The summed E-state index contributed by atoms with van der Waals surface area (Å²) in [5.74, 6) is -1.17. The molecule has 3 heterocycles. The quantitative estimate of drug-likeness (QED) is 0.504. The summed E-state index contributed by atoms with van der Waals surface area (Å²) in [6.07, 6.45) is 6.87. The van der Waals surface area contributed by atoms with Crippen molar-refractivity contribution < 1.29 is 14.3 Å². The maximum atomic E-state index is 14.2. The summed E-state index contributed by atoms with van der Waals surface area (Å²) in [5.41, 5.74) is 5.56. The maximum Gasteiger partial charge on any atom is 0.323 e. The van der Waals surface area contributed by atoms with E-state index in [9.17, 15) is 14.3 Å². The lowest BCUT2D eigenvalue weighted by Gasteiger charge is -2.28. The van der Waals surface area contributed by atoms with Crippen molar-refractivity contribution in [2.75, 3.05) is 6.54 Å². The number of carbonyl (C=O) groups is 1. The van der Waals surface area contributed by atoms with Gasteiger partial charge in [-0.25, -0.2) is 4.39 Å². The van der Waals surface area contributed by atoms with Crippen molar-refractivity contribution in [3.8, 4) is 11.1 Å². The molecule has 2 aromatic heterocycles. The van der Waals surface area contributed by atoms with Crippen molar-refractivity contribution in [2.45, 2.75) is 19.4 Å². The summed E-state index contributed by atoms with van der Waals surface area (Å²) in [6.45, 7) is 1.81. The molecular formula is C24H18ClFN2O2S. The fourth-order valence-electron chi connectivity index (χ4n) is 4.50. The molecule has 1 unspecified atom stereocenters. The molecule has 0 amide bonds. The molecule has 1 aromatic carbocycles. The Morgan fingerprint density at radius 2 is 2.19 bits per heavy atom. The molecule has 0 bridgehead atoms. The van der Waals surface area contributed by atoms with Crippen LogP contribution in [0.4, 0.5) is 4.39 Å². The van der Waals surface area contributed by atoms with E-state index in [1.54, 1.807) is 29.8 Å². The summed E-state index contributed by atoms with van der Waals surface area (Å²) >= 11 is 7.93. The standard InChI is InChI=1S/C24H18ClFN2O2S/c1-13-24(18-9-15(26)3-5-21(18)28(13)11-23(29)30)19-12-31-22-8-14(2-4-17(19)22)16-6-7-27-10-20(16)25/h2-4,6-10,12,21H,5,11H2,1H3,(H,29,30). The van der Waals surface area contributed by atoms with Gasteiger partial charge in [0, 0.05) is 44.9 Å². The van der Waals surface area contributed by atoms with E-state index in [4.69, 9.17) is 11.6 Å². The molecule has 1 atom stereocenters. The van der Waals surface area contributed by atoms with Crippen molar-refractivity contribution in [3.63, 3.8) is 0 Å². The van der Waals surface area contributed by atoms with Crippen LogP contribution in [0.15, 0.2) is 71.3 Å². The van der Waals surface area contributed by atoms with E-state index in [0.717, 1.165) is 43.6 Å². The van der Waals surface area contributed by atoms with Gasteiger partial charge in [0.1, 0.15) is 12.4 Å². The molecule has 7 heteroatoms. The van der Waals surface area contributed by atoms with E-state index in [2.05, 4.69) is 22.5 Å². The summed E-state index contributed by atoms with van der Waals surface area (Å²) in [6, 6.07) is 7.90. The van der Waals surface area contributed by atoms with Crippen LogP contribution in [-0.4, -0.2) is 33.5 Å². The normalized spacial score (nSPS) is 18.3. The second kappa shape index (κ2) is 7.62. The minimum Gasteiger partial charge on any atom is -0.480 e. The first-order chi connectivity index (χ1) is 14.9. The van der Waals surface area contributed by atoms with E-state index in [1.165, 1.54) is 6.08 Å². The fourth-order valence-corrected chi connectivity index (χ4v) is 5.72. The molecule has 0 fully saturated rings. The highest BCUT2D eigenvalue weighted by Crippen LogP contribution is 2.47. The van der Waals surface area contributed by atoms with Crippen molar-refractivity contribution in [1.29, 1.82) is 0 Å². The number of allylic oxidation sites excluding steroid dienone is 3. The third-order valence-corrected chi connectivity index (χ3v) is 7.13. The monoisotopic (exact) mass is 452 g/mol. The maximum absolute atomic E-state index is 14.2. The van der Waals surface area contributed by atoms with Crippen molar-refractivity contribution in [1.82, 2.24) is 9.88 Å². The largest absolute Gasteiger partial charge is 0.480 e. The van der Waals surface area contributed by atoms with E-state index in [-0.39, 0.29) is 18.4 Å². The number of aliphatic carboxylic acids is 1. The molecule has 5 rings (SSSR count). The number of carboxylic acid groups (broad SMARTS) is 1. The smallest absolute Gasteiger partial charge is 0.323 e.